The van der Waals surface area contributed by atoms with Crippen molar-refractivity contribution in [1.82, 2.24) is 9.97 Å². The molecule has 0 saturated heterocycles. The molecule has 1 aliphatic carbocycles. The van der Waals surface area contributed by atoms with E-state index in [9.17, 15) is 9.90 Å². The molecule has 0 radical (unpaired) electrons. The molecule has 1 fully saturated rings. The Morgan fingerprint density at radius 1 is 1.20 bits per heavy atom. The highest BCUT2D eigenvalue weighted by Gasteiger charge is 2.24. The molecule has 0 aliphatic heterocycles. The SMILES string of the molecule is Cc1nc(C2CCCC2)nc(SCCCc2ccccc2)c1C(=O)O. The van der Waals surface area contributed by atoms with Gasteiger partial charge in [0.25, 0.3) is 0 Å². The molecule has 1 aliphatic rings. The quantitative estimate of drug-likeness (QED) is 0.436. The Balaban J connectivity index is 1.70. The molecule has 0 spiro atoms. The van der Waals surface area contributed by atoms with Gasteiger partial charge in [0.1, 0.15) is 16.4 Å². The van der Waals surface area contributed by atoms with Gasteiger partial charge in [-0.05, 0) is 43.9 Å². The lowest BCUT2D eigenvalue weighted by atomic mass is 10.1. The summed E-state index contributed by atoms with van der Waals surface area (Å²) in [5.41, 5.74) is 2.17. The molecule has 3 rings (SSSR count). The third-order valence-corrected chi connectivity index (χ3v) is 5.76. The monoisotopic (exact) mass is 356 g/mol. The summed E-state index contributed by atoms with van der Waals surface area (Å²) >= 11 is 1.55. The van der Waals surface area contributed by atoms with Crippen LogP contribution in [0.2, 0.25) is 0 Å². The zero-order chi connectivity index (χ0) is 17.6. The van der Waals surface area contributed by atoms with E-state index in [0.29, 0.717) is 16.6 Å². The minimum atomic E-state index is -0.930. The number of hydrogen-bond acceptors (Lipinski definition) is 4. The van der Waals surface area contributed by atoms with Gasteiger partial charge >= 0.3 is 5.97 Å². The summed E-state index contributed by atoms with van der Waals surface area (Å²) in [6.07, 6.45) is 6.65. The number of thioether (sulfide) groups is 1. The second-order valence-corrected chi connectivity index (χ2v) is 7.66. The highest BCUT2D eigenvalue weighted by molar-refractivity contribution is 7.99. The fourth-order valence-electron chi connectivity index (χ4n) is 3.37. The summed E-state index contributed by atoms with van der Waals surface area (Å²) < 4.78 is 0. The van der Waals surface area contributed by atoms with Crippen LogP contribution in [0.1, 0.15) is 65.5 Å². The first-order chi connectivity index (χ1) is 12.1. The van der Waals surface area contributed by atoms with Gasteiger partial charge in [-0.2, -0.15) is 0 Å². The molecular weight excluding hydrogens is 332 g/mol. The van der Waals surface area contributed by atoms with Crippen LogP contribution in [0.3, 0.4) is 0 Å². The van der Waals surface area contributed by atoms with Crippen molar-refractivity contribution in [1.29, 1.82) is 0 Å². The largest absolute Gasteiger partial charge is 0.478 e. The minimum Gasteiger partial charge on any atom is -0.478 e. The Labute approximate surface area is 153 Å². The van der Waals surface area contributed by atoms with Gasteiger partial charge in [-0.1, -0.05) is 43.2 Å². The van der Waals surface area contributed by atoms with Crippen molar-refractivity contribution in [3.05, 3.63) is 53.0 Å². The van der Waals surface area contributed by atoms with Gasteiger partial charge in [0.15, 0.2) is 0 Å². The lowest BCUT2D eigenvalue weighted by Crippen LogP contribution is -2.11. The zero-order valence-corrected chi connectivity index (χ0v) is 15.4. The van der Waals surface area contributed by atoms with Gasteiger partial charge in [0, 0.05) is 5.92 Å². The van der Waals surface area contributed by atoms with Crippen LogP contribution in [0.4, 0.5) is 0 Å². The first-order valence-electron chi connectivity index (χ1n) is 8.93. The Kier molecular flexibility index (Phi) is 6.08. The summed E-state index contributed by atoms with van der Waals surface area (Å²) in [7, 11) is 0. The predicted octanol–water partition coefficient (Wildman–Crippen LogP) is 4.87. The molecule has 2 aromatic rings. The van der Waals surface area contributed by atoms with Crippen LogP contribution < -0.4 is 0 Å². The Morgan fingerprint density at radius 3 is 2.60 bits per heavy atom. The summed E-state index contributed by atoms with van der Waals surface area (Å²) in [5.74, 6) is 1.16. The van der Waals surface area contributed by atoms with E-state index in [4.69, 9.17) is 0 Å². The summed E-state index contributed by atoms with van der Waals surface area (Å²) in [6.45, 7) is 1.79. The summed E-state index contributed by atoms with van der Waals surface area (Å²) in [4.78, 5) is 20.8. The first kappa shape index (κ1) is 17.9. The van der Waals surface area contributed by atoms with E-state index in [1.165, 1.54) is 18.4 Å². The third-order valence-electron chi connectivity index (χ3n) is 4.70. The van der Waals surface area contributed by atoms with Crippen molar-refractivity contribution in [2.75, 3.05) is 5.75 Å². The molecule has 0 atom stereocenters. The topological polar surface area (TPSA) is 63.1 Å². The fourth-order valence-corrected chi connectivity index (χ4v) is 4.39. The average molecular weight is 356 g/mol. The Hall–Kier alpha value is -1.88. The van der Waals surface area contributed by atoms with Gasteiger partial charge in [0.2, 0.25) is 0 Å². The second kappa shape index (κ2) is 8.48. The maximum Gasteiger partial charge on any atom is 0.340 e. The molecule has 1 N–H and O–H groups in total. The number of benzene rings is 1. The van der Waals surface area contributed by atoms with Crippen LogP contribution in [0.5, 0.6) is 0 Å². The van der Waals surface area contributed by atoms with Gasteiger partial charge in [-0.25, -0.2) is 14.8 Å². The maximum atomic E-state index is 11.6. The highest BCUT2D eigenvalue weighted by Crippen LogP contribution is 2.34. The molecule has 1 aromatic carbocycles. The molecule has 25 heavy (non-hydrogen) atoms. The summed E-state index contributed by atoms with van der Waals surface area (Å²) in [6, 6.07) is 10.4. The van der Waals surface area contributed by atoms with Crippen molar-refractivity contribution < 1.29 is 9.90 Å². The molecule has 0 amide bonds. The Morgan fingerprint density at radius 2 is 1.92 bits per heavy atom. The molecule has 1 saturated carbocycles. The van der Waals surface area contributed by atoms with Crippen LogP contribution >= 0.6 is 11.8 Å². The van der Waals surface area contributed by atoms with E-state index in [1.54, 1.807) is 18.7 Å². The van der Waals surface area contributed by atoms with Gasteiger partial charge in [-0.3, -0.25) is 0 Å². The van der Waals surface area contributed by atoms with E-state index < -0.39 is 5.97 Å². The number of aromatic nitrogens is 2. The van der Waals surface area contributed by atoms with Crippen molar-refractivity contribution in [3.63, 3.8) is 0 Å². The van der Waals surface area contributed by atoms with Crippen LogP contribution in [0.15, 0.2) is 35.4 Å². The zero-order valence-electron chi connectivity index (χ0n) is 14.6. The number of hydrogen-bond donors (Lipinski definition) is 1. The number of carbonyl (C=O) groups is 1. The third kappa shape index (κ3) is 4.60. The highest BCUT2D eigenvalue weighted by atomic mass is 32.2. The normalized spacial score (nSPS) is 14.8. The molecule has 0 unspecified atom stereocenters. The van der Waals surface area contributed by atoms with Crippen molar-refractivity contribution in [2.24, 2.45) is 0 Å². The van der Waals surface area contributed by atoms with E-state index in [0.717, 1.165) is 37.3 Å². The second-order valence-electron chi connectivity index (χ2n) is 6.57. The molecule has 4 nitrogen and oxygen atoms in total. The van der Waals surface area contributed by atoms with Crippen molar-refractivity contribution >= 4 is 17.7 Å². The predicted molar refractivity (Wildman–Crippen MR) is 100 cm³/mol. The molecule has 132 valence electrons. The van der Waals surface area contributed by atoms with E-state index in [-0.39, 0.29) is 5.56 Å². The number of aromatic carboxylic acids is 1. The van der Waals surface area contributed by atoms with Crippen LogP contribution in [0, 0.1) is 6.92 Å². The molecule has 1 heterocycles. The first-order valence-corrected chi connectivity index (χ1v) is 9.92. The molecule has 5 heteroatoms. The molecule has 1 aromatic heterocycles. The van der Waals surface area contributed by atoms with Crippen LogP contribution in [-0.4, -0.2) is 26.8 Å². The number of aryl methyl sites for hydroxylation is 2. The lowest BCUT2D eigenvalue weighted by Gasteiger charge is -2.13. The van der Waals surface area contributed by atoms with Crippen molar-refractivity contribution in [3.8, 4) is 0 Å². The van der Waals surface area contributed by atoms with E-state index in [1.807, 2.05) is 18.2 Å². The maximum absolute atomic E-state index is 11.6. The number of rotatable bonds is 7. The standard InChI is InChI=1S/C20H24N2O2S/c1-14-17(20(23)24)19(22-18(21-14)16-11-5-6-12-16)25-13-7-10-15-8-3-2-4-9-15/h2-4,8-9,16H,5-7,10-13H2,1H3,(H,23,24). The summed E-state index contributed by atoms with van der Waals surface area (Å²) in [5, 5.41) is 10.2. The minimum absolute atomic E-state index is 0.270. The van der Waals surface area contributed by atoms with E-state index in [2.05, 4.69) is 22.1 Å². The van der Waals surface area contributed by atoms with Gasteiger partial charge < -0.3 is 5.11 Å². The van der Waals surface area contributed by atoms with Crippen LogP contribution in [0.25, 0.3) is 0 Å². The molecular formula is C20H24N2O2S. The Bertz CT molecular complexity index is 728. The lowest BCUT2D eigenvalue weighted by molar-refractivity contribution is 0.0690. The van der Waals surface area contributed by atoms with E-state index >= 15 is 0 Å². The van der Waals surface area contributed by atoms with Gasteiger partial charge in [-0.15, -0.1) is 11.8 Å². The number of carboxylic acid groups (broad SMARTS) is 1. The molecule has 0 bridgehead atoms. The fraction of sp³-hybridized carbons (Fsp3) is 0.450. The van der Waals surface area contributed by atoms with Gasteiger partial charge in [0.05, 0.1) is 5.69 Å². The number of nitrogens with zero attached hydrogens (tertiary/aromatic N) is 2. The number of carboxylic acids is 1. The average Bonchev–Trinajstić information content (AvgIpc) is 3.13. The van der Waals surface area contributed by atoms with Crippen molar-refractivity contribution in [2.45, 2.75) is 56.4 Å². The smallest absolute Gasteiger partial charge is 0.340 e. The van der Waals surface area contributed by atoms with Crippen LogP contribution in [-0.2, 0) is 6.42 Å².